The van der Waals surface area contributed by atoms with Crippen molar-refractivity contribution in [3.63, 3.8) is 0 Å². The van der Waals surface area contributed by atoms with E-state index in [1.165, 1.54) is 6.20 Å². The summed E-state index contributed by atoms with van der Waals surface area (Å²) in [6, 6.07) is 10.0. The number of carbonyl (C=O) groups is 1. The van der Waals surface area contributed by atoms with Gasteiger partial charge in [-0.1, -0.05) is 12.1 Å². The number of fused-ring (bicyclic) bond motifs is 2. The monoisotopic (exact) mass is 373 g/mol. The number of imidazole rings is 1. The Morgan fingerprint density at radius 2 is 2.25 bits per heavy atom. The third-order valence-electron chi connectivity index (χ3n) is 5.16. The summed E-state index contributed by atoms with van der Waals surface area (Å²) in [4.78, 5) is 26.1. The average molecular weight is 373 g/mol. The van der Waals surface area contributed by atoms with E-state index in [0.717, 1.165) is 53.8 Å². The van der Waals surface area contributed by atoms with Crippen molar-refractivity contribution < 1.29 is 9.53 Å². The maximum Gasteiger partial charge on any atom is 0.414 e. The summed E-state index contributed by atoms with van der Waals surface area (Å²) in [6.07, 6.45) is 5.89. The van der Waals surface area contributed by atoms with E-state index in [1.54, 1.807) is 11.0 Å². The first kappa shape index (κ1) is 16.8. The lowest BCUT2D eigenvalue weighted by Gasteiger charge is -2.29. The molecule has 3 heterocycles. The van der Waals surface area contributed by atoms with E-state index in [0.29, 0.717) is 24.2 Å². The first-order chi connectivity index (χ1) is 13.7. The molecule has 7 nitrogen and oxygen atoms in total. The number of aromatic nitrogens is 3. The molecule has 3 aromatic rings. The van der Waals surface area contributed by atoms with Crippen LogP contribution in [0.2, 0.25) is 0 Å². The Bertz CT molecular complexity index is 1110. The highest BCUT2D eigenvalue weighted by Gasteiger charge is 2.31. The molecule has 2 aliphatic rings. The van der Waals surface area contributed by atoms with Gasteiger partial charge in [0.05, 0.1) is 16.8 Å². The molecule has 1 aliphatic carbocycles. The van der Waals surface area contributed by atoms with Crippen LogP contribution >= 0.6 is 0 Å². The maximum atomic E-state index is 12.4. The van der Waals surface area contributed by atoms with Crippen LogP contribution in [-0.2, 0) is 17.6 Å². The van der Waals surface area contributed by atoms with Gasteiger partial charge in [0.1, 0.15) is 18.0 Å². The molecule has 5 rings (SSSR count). The lowest BCUT2D eigenvalue weighted by molar-refractivity contribution is 0.146. The molecule has 1 fully saturated rings. The maximum absolute atomic E-state index is 12.4. The number of aromatic amines is 1. The second kappa shape index (κ2) is 6.64. The minimum Gasteiger partial charge on any atom is -0.446 e. The predicted octanol–water partition coefficient (Wildman–Crippen LogP) is 3.47. The van der Waals surface area contributed by atoms with Gasteiger partial charge in [-0.05, 0) is 48.9 Å². The Hall–Kier alpha value is -3.40. The fourth-order valence-corrected chi connectivity index (χ4v) is 3.63. The largest absolute Gasteiger partial charge is 0.446 e. The second-order valence-corrected chi connectivity index (χ2v) is 7.37. The number of carbonyl (C=O) groups excluding carboxylic acids is 1. The summed E-state index contributed by atoms with van der Waals surface area (Å²) < 4.78 is 5.48. The van der Waals surface area contributed by atoms with Crippen molar-refractivity contribution in [3.8, 4) is 6.07 Å². The van der Waals surface area contributed by atoms with Crippen molar-refractivity contribution in [2.75, 3.05) is 11.4 Å². The van der Waals surface area contributed by atoms with Crippen LogP contribution in [0.5, 0.6) is 0 Å². The van der Waals surface area contributed by atoms with E-state index in [9.17, 15) is 4.79 Å². The summed E-state index contributed by atoms with van der Waals surface area (Å²) in [5.41, 5.74) is 5.12. The molecule has 7 heteroatoms. The van der Waals surface area contributed by atoms with Crippen LogP contribution < -0.4 is 4.90 Å². The molecule has 0 unspecified atom stereocenters. The summed E-state index contributed by atoms with van der Waals surface area (Å²) in [6.45, 7) is 0.703. The van der Waals surface area contributed by atoms with Gasteiger partial charge in [0.15, 0.2) is 5.65 Å². The van der Waals surface area contributed by atoms with Crippen LogP contribution in [0.15, 0.2) is 30.5 Å². The zero-order valence-corrected chi connectivity index (χ0v) is 15.3. The number of pyridine rings is 1. The quantitative estimate of drug-likeness (QED) is 0.758. The van der Waals surface area contributed by atoms with Gasteiger partial charge in [0, 0.05) is 19.2 Å². The van der Waals surface area contributed by atoms with Gasteiger partial charge in [0.25, 0.3) is 0 Å². The first-order valence-electron chi connectivity index (χ1n) is 9.54. The van der Waals surface area contributed by atoms with Gasteiger partial charge in [-0.3, -0.25) is 4.90 Å². The highest BCUT2D eigenvalue weighted by Crippen LogP contribution is 2.31. The van der Waals surface area contributed by atoms with Crippen LogP contribution in [0, 0.1) is 11.3 Å². The van der Waals surface area contributed by atoms with Gasteiger partial charge in [-0.25, -0.2) is 14.8 Å². The Kier molecular flexibility index (Phi) is 3.97. The third kappa shape index (κ3) is 3.18. The summed E-state index contributed by atoms with van der Waals surface area (Å²) >= 11 is 0. The number of ether oxygens (including phenoxy) is 1. The number of nitrogens with zero attached hydrogens (tertiary/aromatic N) is 4. The minimum atomic E-state index is -0.229. The standard InChI is InChI=1S/C21H19N5O2/c22-11-14-9-17-20(23-12-14)25-19(24-17)10-13-3-6-18-15(8-13)2-1-7-26(18)21(27)28-16-4-5-16/h3,6,8-9,12,16H,1-2,4-5,7,10H2,(H,23,24,25). The van der Waals surface area contributed by atoms with E-state index in [2.05, 4.69) is 27.1 Å². The smallest absolute Gasteiger partial charge is 0.414 e. The second-order valence-electron chi connectivity index (χ2n) is 7.37. The van der Waals surface area contributed by atoms with Gasteiger partial charge in [-0.15, -0.1) is 0 Å². The number of rotatable bonds is 3. The lowest BCUT2D eigenvalue weighted by atomic mass is 9.98. The number of amides is 1. The molecule has 0 bridgehead atoms. The predicted molar refractivity (Wildman–Crippen MR) is 103 cm³/mol. The van der Waals surface area contributed by atoms with Crippen LogP contribution in [0.25, 0.3) is 11.2 Å². The molecule has 0 atom stereocenters. The minimum absolute atomic E-state index is 0.111. The van der Waals surface area contributed by atoms with Crippen molar-refractivity contribution in [2.45, 2.75) is 38.2 Å². The molecule has 28 heavy (non-hydrogen) atoms. The van der Waals surface area contributed by atoms with E-state index in [-0.39, 0.29) is 12.2 Å². The number of aryl methyl sites for hydroxylation is 1. The SMILES string of the molecule is N#Cc1cnc2nc(Cc3ccc4c(c3)CCCN4C(=O)OC3CC3)[nH]c2c1. The van der Waals surface area contributed by atoms with Crippen LogP contribution in [0.4, 0.5) is 10.5 Å². The van der Waals surface area contributed by atoms with Crippen molar-refractivity contribution >= 4 is 22.9 Å². The van der Waals surface area contributed by atoms with Crippen LogP contribution in [-0.4, -0.2) is 33.7 Å². The van der Waals surface area contributed by atoms with E-state index in [1.807, 2.05) is 12.1 Å². The van der Waals surface area contributed by atoms with Crippen molar-refractivity contribution in [1.29, 1.82) is 5.26 Å². The summed E-state index contributed by atoms with van der Waals surface area (Å²) in [5.74, 6) is 0.804. The molecular weight excluding hydrogens is 354 g/mol. The highest BCUT2D eigenvalue weighted by molar-refractivity contribution is 5.89. The number of anilines is 1. The molecule has 1 amide bonds. The van der Waals surface area contributed by atoms with Crippen molar-refractivity contribution in [3.05, 3.63) is 53.0 Å². The number of nitriles is 1. The van der Waals surface area contributed by atoms with Crippen LogP contribution in [0.1, 0.15) is 41.8 Å². The molecule has 0 radical (unpaired) electrons. The number of hydrogen-bond donors (Lipinski definition) is 1. The molecule has 140 valence electrons. The normalized spacial score (nSPS) is 15.9. The molecule has 0 spiro atoms. The van der Waals surface area contributed by atoms with E-state index in [4.69, 9.17) is 10.00 Å². The zero-order valence-electron chi connectivity index (χ0n) is 15.3. The Morgan fingerprint density at radius 3 is 3.07 bits per heavy atom. The number of nitrogens with one attached hydrogen (secondary N) is 1. The molecule has 2 aromatic heterocycles. The van der Waals surface area contributed by atoms with Gasteiger partial charge < -0.3 is 9.72 Å². The van der Waals surface area contributed by atoms with E-state index >= 15 is 0 Å². The zero-order chi connectivity index (χ0) is 19.1. The Balaban J connectivity index is 1.38. The molecule has 0 saturated heterocycles. The van der Waals surface area contributed by atoms with Gasteiger partial charge >= 0.3 is 6.09 Å². The summed E-state index contributed by atoms with van der Waals surface area (Å²) in [7, 11) is 0. The average Bonchev–Trinajstić information content (AvgIpc) is 3.43. The molecule has 1 aliphatic heterocycles. The topological polar surface area (TPSA) is 94.9 Å². The fraction of sp³-hybridized carbons (Fsp3) is 0.333. The lowest BCUT2D eigenvalue weighted by Crippen LogP contribution is -2.36. The van der Waals surface area contributed by atoms with Crippen molar-refractivity contribution in [2.24, 2.45) is 0 Å². The molecule has 1 saturated carbocycles. The molecule has 1 aromatic carbocycles. The van der Waals surface area contributed by atoms with Gasteiger partial charge in [-0.2, -0.15) is 5.26 Å². The van der Waals surface area contributed by atoms with Gasteiger partial charge in [0.2, 0.25) is 0 Å². The Labute approximate surface area is 162 Å². The number of hydrogen-bond acceptors (Lipinski definition) is 5. The molecule has 1 N–H and O–H groups in total. The number of benzene rings is 1. The summed E-state index contributed by atoms with van der Waals surface area (Å²) in [5, 5.41) is 9.00. The van der Waals surface area contributed by atoms with Crippen molar-refractivity contribution in [1.82, 2.24) is 15.0 Å². The van der Waals surface area contributed by atoms with E-state index < -0.39 is 0 Å². The highest BCUT2D eigenvalue weighted by atomic mass is 16.6. The molecular formula is C21H19N5O2. The third-order valence-corrected chi connectivity index (χ3v) is 5.16. The number of H-pyrrole nitrogens is 1. The fourth-order valence-electron chi connectivity index (χ4n) is 3.63. The first-order valence-corrected chi connectivity index (χ1v) is 9.54. The Morgan fingerprint density at radius 1 is 1.36 bits per heavy atom. The van der Waals surface area contributed by atoms with Crippen LogP contribution in [0.3, 0.4) is 0 Å².